The average Bonchev–Trinajstić information content (AvgIpc) is 3.76. The van der Waals surface area contributed by atoms with Crippen LogP contribution in [0.1, 0.15) is 27.8 Å². The predicted molar refractivity (Wildman–Crippen MR) is 198 cm³/mol. The van der Waals surface area contributed by atoms with Gasteiger partial charge >= 0.3 is 11.9 Å². The van der Waals surface area contributed by atoms with Gasteiger partial charge in [0.25, 0.3) is 5.69 Å². The van der Waals surface area contributed by atoms with Gasteiger partial charge < -0.3 is 35.4 Å². The Balaban J connectivity index is 0.000000177. The van der Waals surface area contributed by atoms with E-state index < -0.39 is 28.9 Å². The summed E-state index contributed by atoms with van der Waals surface area (Å²) in [4.78, 5) is 32.4. The first-order valence-electron chi connectivity index (χ1n) is 15.5. The van der Waals surface area contributed by atoms with E-state index in [-0.39, 0.29) is 18.5 Å². The van der Waals surface area contributed by atoms with Crippen LogP contribution >= 0.6 is 0 Å². The minimum Gasteiger partial charge on any atom is -0.480 e. The normalized spacial score (nSPS) is 11.6. The lowest BCUT2D eigenvalue weighted by atomic mass is 10.0. The fourth-order valence-electron chi connectivity index (χ4n) is 5.94. The number of carbonyl (C=O) groups is 2. The standard InChI is InChI=1S/C14H13N3O4.C14H14N2O2.C11H9N/c1-3-8-4-5-11(17(20)21)13-12(8)9(7-16(13)2)6-10(15)14(18)19;1-3-9-5-4-6-12-13(9)10(8-16(12)2)7-11(15)14(17)18;1-3-9-5-4-6-11-10(9)7-8-12(11)2/h1,4-5,7,10H,6,15H2,2H3,(H,18,19);1,4-6,8,11H,7,15H2,2H3,(H,17,18);1,4-8H,2H3. The van der Waals surface area contributed by atoms with Crippen LogP contribution < -0.4 is 11.5 Å². The maximum Gasteiger partial charge on any atom is 0.320 e. The van der Waals surface area contributed by atoms with Gasteiger partial charge in [-0.25, -0.2) is 0 Å². The number of nitrogens with two attached hydrogens (primary N) is 2. The molecule has 0 saturated heterocycles. The first-order chi connectivity index (χ1) is 24.2. The summed E-state index contributed by atoms with van der Waals surface area (Å²) in [5.41, 5.74) is 17.2. The zero-order chi connectivity index (χ0) is 37.6. The second-order valence-electron chi connectivity index (χ2n) is 11.7. The fourth-order valence-corrected chi connectivity index (χ4v) is 5.94. The van der Waals surface area contributed by atoms with E-state index in [2.05, 4.69) is 28.4 Å². The number of rotatable bonds is 7. The lowest BCUT2D eigenvalue weighted by Crippen LogP contribution is -2.32. The van der Waals surface area contributed by atoms with Gasteiger partial charge in [0.05, 0.1) is 4.92 Å². The number of fused-ring (bicyclic) bond motifs is 3. The molecular weight excluding hydrogens is 648 g/mol. The summed E-state index contributed by atoms with van der Waals surface area (Å²) in [5, 5.41) is 31.5. The molecule has 3 heterocycles. The minimum absolute atomic E-state index is 0.0442. The monoisotopic (exact) mass is 684 g/mol. The topological polar surface area (TPSA) is 185 Å². The third-order valence-electron chi connectivity index (χ3n) is 8.38. The number of aromatic nitrogens is 3. The highest BCUT2D eigenvalue weighted by Crippen LogP contribution is 2.32. The Hall–Kier alpha value is -6.78. The van der Waals surface area contributed by atoms with E-state index in [0.29, 0.717) is 22.0 Å². The van der Waals surface area contributed by atoms with Crippen molar-refractivity contribution in [3.63, 3.8) is 0 Å². The molecule has 51 heavy (non-hydrogen) atoms. The van der Waals surface area contributed by atoms with Gasteiger partial charge in [-0.1, -0.05) is 29.9 Å². The summed E-state index contributed by atoms with van der Waals surface area (Å²) in [5.74, 6) is 5.61. The molecule has 3 aromatic heterocycles. The number of nitro benzene ring substituents is 1. The van der Waals surface area contributed by atoms with Gasteiger partial charge in [-0.05, 0) is 47.5 Å². The summed E-state index contributed by atoms with van der Waals surface area (Å²) in [6.07, 6.45) is 22.1. The Morgan fingerprint density at radius 3 is 1.80 bits per heavy atom. The molecule has 0 aliphatic heterocycles. The third kappa shape index (κ3) is 7.77. The molecule has 12 heteroatoms. The number of aliphatic carboxylic acids is 2. The Bertz CT molecular complexity index is 2430. The summed E-state index contributed by atoms with van der Waals surface area (Å²) in [7, 11) is 5.56. The largest absolute Gasteiger partial charge is 0.480 e. The smallest absolute Gasteiger partial charge is 0.320 e. The first kappa shape index (κ1) is 37.0. The van der Waals surface area contributed by atoms with Crippen molar-refractivity contribution in [1.29, 1.82) is 0 Å². The molecule has 0 fully saturated rings. The number of carboxylic acid groups (broad SMARTS) is 2. The molecule has 6 rings (SSSR count). The van der Waals surface area contributed by atoms with E-state index in [1.165, 1.54) is 17.6 Å². The number of non-ortho nitro benzene ring substituents is 1. The van der Waals surface area contributed by atoms with Crippen LogP contribution in [0.15, 0.2) is 73.2 Å². The highest BCUT2D eigenvalue weighted by molar-refractivity contribution is 5.96. The van der Waals surface area contributed by atoms with Gasteiger partial charge in [0.1, 0.15) is 17.6 Å². The van der Waals surface area contributed by atoms with Crippen molar-refractivity contribution in [2.75, 3.05) is 0 Å². The molecule has 0 amide bonds. The molecule has 6 aromatic rings. The van der Waals surface area contributed by atoms with Crippen LogP contribution in [-0.2, 0) is 43.6 Å². The Labute approximate surface area is 294 Å². The molecule has 2 unspecified atom stereocenters. The molecule has 0 saturated carbocycles. The maximum atomic E-state index is 11.1. The second kappa shape index (κ2) is 15.6. The molecule has 6 N–H and O–H groups in total. The summed E-state index contributed by atoms with van der Waals surface area (Å²) in [6, 6.07) is 14.6. The number of hydrogen-bond donors (Lipinski definition) is 4. The SMILES string of the molecule is C#Cc1ccc([N+](=O)[O-])c2c1c(CC(N)C(=O)O)cn2C.C#Cc1cccc2c1c(CC(N)C(=O)O)cn2C.C#Cc1cccc2c1ccn2C. The van der Waals surface area contributed by atoms with Crippen LogP contribution in [0.4, 0.5) is 5.69 Å². The Morgan fingerprint density at radius 1 is 0.745 bits per heavy atom. The van der Waals surface area contributed by atoms with E-state index in [9.17, 15) is 19.7 Å². The lowest BCUT2D eigenvalue weighted by molar-refractivity contribution is -0.383. The van der Waals surface area contributed by atoms with Gasteiger partial charge in [-0.3, -0.25) is 19.7 Å². The number of nitrogens with zero attached hydrogens (tertiary/aromatic N) is 4. The number of nitro groups is 1. The highest BCUT2D eigenvalue weighted by Gasteiger charge is 2.23. The summed E-state index contributed by atoms with van der Waals surface area (Å²) in [6.45, 7) is 0. The zero-order valence-electron chi connectivity index (χ0n) is 28.2. The van der Waals surface area contributed by atoms with Crippen LogP contribution in [-0.4, -0.2) is 52.9 Å². The molecule has 0 aliphatic rings. The van der Waals surface area contributed by atoms with E-state index >= 15 is 0 Å². The number of aryl methyl sites for hydroxylation is 3. The lowest BCUT2D eigenvalue weighted by Gasteiger charge is -2.06. The summed E-state index contributed by atoms with van der Waals surface area (Å²) < 4.78 is 5.56. The number of carboxylic acids is 2. The zero-order valence-corrected chi connectivity index (χ0v) is 28.2. The van der Waals surface area contributed by atoms with Crippen molar-refractivity contribution in [3.05, 3.63) is 111 Å². The molecule has 258 valence electrons. The van der Waals surface area contributed by atoms with Crippen molar-refractivity contribution < 1.29 is 24.7 Å². The molecule has 0 radical (unpaired) electrons. The van der Waals surface area contributed by atoms with Crippen molar-refractivity contribution in [3.8, 4) is 37.0 Å². The van der Waals surface area contributed by atoms with Crippen LogP contribution in [0, 0.1) is 47.1 Å². The molecule has 3 aromatic carbocycles. The molecule has 0 spiro atoms. The van der Waals surface area contributed by atoms with Gasteiger partial charge in [-0.15, -0.1) is 19.3 Å². The van der Waals surface area contributed by atoms with E-state index in [4.69, 9.17) is 41.0 Å². The van der Waals surface area contributed by atoms with E-state index in [1.54, 1.807) is 17.8 Å². The van der Waals surface area contributed by atoms with Gasteiger partial charge in [0, 0.05) is 103 Å². The molecule has 0 bridgehead atoms. The van der Waals surface area contributed by atoms with Crippen LogP contribution in [0.25, 0.3) is 32.7 Å². The quantitative estimate of drug-likeness (QED) is 0.109. The van der Waals surface area contributed by atoms with Gasteiger partial charge in [0.2, 0.25) is 0 Å². The predicted octanol–water partition coefficient (Wildman–Crippen LogP) is 4.30. The summed E-state index contributed by atoms with van der Waals surface area (Å²) >= 11 is 0. The Kier molecular flexibility index (Phi) is 11.3. The van der Waals surface area contributed by atoms with Crippen molar-refractivity contribution in [2.45, 2.75) is 24.9 Å². The number of terminal acetylenes is 3. The molecule has 12 nitrogen and oxygen atoms in total. The van der Waals surface area contributed by atoms with E-state index in [1.807, 2.05) is 67.5 Å². The van der Waals surface area contributed by atoms with Crippen molar-refractivity contribution in [1.82, 2.24) is 13.7 Å². The average molecular weight is 685 g/mol. The maximum absolute atomic E-state index is 11.1. The third-order valence-corrected chi connectivity index (χ3v) is 8.38. The molecular formula is C39H36N6O6. The minimum atomic E-state index is -1.14. The Morgan fingerprint density at radius 2 is 1.25 bits per heavy atom. The first-order valence-corrected chi connectivity index (χ1v) is 15.5. The van der Waals surface area contributed by atoms with Crippen LogP contribution in [0.5, 0.6) is 0 Å². The molecule has 2 atom stereocenters. The molecule has 0 aliphatic carbocycles. The highest BCUT2D eigenvalue weighted by atomic mass is 16.6. The van der Waals surface area contributed by atoms with E-state index in [0.717, 1.165) is 33.0 Å². The van der Waals surface area contributed by atoms with Crippen LogP contribution in [0.3, 0.4) is 0 Å². The second-order valence-corrected chi connectivity index (χ2v) is 11.7. The van der Waals surface area contributed by atoms with Crippen molar-refractivity contribution >= 4 is 50.3 Å². The number of hydrogen-bond acceptors (Lipinski definition) is 6. The van der Waals surface area contributed by atoms with Crippen LogP contribution in [0.2, 0.25) is 0 Å². The number of benzene rings is 3. The van der Waals surface area contributed by atoms with Gasteiger partial charge in [0.15, 0.2) is 0 Å². The fraction of sp³-hybridized carbons (Fsp3) is 0.179. The van der Waals surface area contributed by atoms with Crippen molar-refractivity contribution in [2.24, 2.45) is 32.6 Å². The van der Waals surface area contributed by atoms with Gasteiger partial charge in [-0.2, -0.15) is 0 Å².